The van der Waals surface area contributed by atoms with Gasteiger partial charge in [0.2, 0.25) is 0 Å². The number of piperazine rings is 1. The van der Waals surface area contributed by atoms with E-state index in [1.165, 1.54) is 6.07 Å². The number of nitrogens with zero attached hydrogens (tertiary/aromatic N) is 3. The molecule has 0 bridgehead atoms. The van der Waals surface area contributed by atoms with E-state index in [4.69, 9.17) is 0 Å². The number of fused-ring (bicyclic) bond motifs is 1. The first-order valence-corrected chi connectivity index (χ1v) is 8.85. The Morgan fingerprint density at radius 2 is 1.88 bits per heavy atom. The normalized spacial score (nSPS) is 15.7. The van der Waals surface area contributed by atoms with Gasteiger partial charge in [-0.3, -0.25) is 4.79 Å². The second-order valence-corrected chi connectivity index (χ2v) is 6.70. The molecule has 0 spiro atoms. The average Bonchev–Trinajstić information content (AvgIpc) is 2.61. The largest absolute Gasteiger partial charge is 0.477 e. The van der Waals surface area contributed by atoms with Crippen LogP contribution in [-0.2, 0) is 6.54 Å². The number of likely N-dealkylation sites (N-methyl/N-ethyl adjacent to an activating group) is 1. The van der Waals surface area contributed by atoms with Crippen LogP contribution in [0.5, 0.6) is 0 Å². The third kappa shape index (κ3) is 3.54. The Morgan fingerprint density at radius 3 is 2.52 bits per heavy atom. The van der Waals surface area contributed by atoms with E-state index in [1.807, 2.05) is 18.2 Å². The summed E-state index contributed by atoms with van der Waals surface area (Å²) in [5.41, 5.74) is 1.61. The first kappa shape index (κ1) is 17.5. The summed E-state index contributed by atoms with van der Waals surface area (Å²) in [7, 11) is 2.11. The molecule has 1 aromatic heterocycles. The molecule has 0 saturated carbocycles. The van der Waals surface area contributed by atoms with Gasteiger partial charge in [0.1, 0.15) is 5.69 Å². The van der Waals surface area contributed by atoms with Crippen LogP contribution >= 0.6 is 0 Å². The number of hydrogen-bond donors (Lipinski definition) is 1. The fourth-order valence-electron chi connectivity index (χ4n) is 3.36. The quantitative estimate of drug-likeness (QED) is 0.902. The van der Waals surface area contributed by atoms with Gasteiger partial charge in [-0.15, -0.1) is 0 Å². The molecule has 0 unspecified atom stereocenters. The molecule has 1 saturated heterocycles. The maximum absolute atomic E-state index is 12.4. The van der Waals surface area contributed by atoms with Gasteiger partial charge in [0, 0.05) is 49.9 Å². The zero-order chi connectivity index (χ0) is 18.0. The molecule has 25 heavy (non-hydrogen) atoms. The molecule has 6 heteroatoms. The van der Waals surface area contributed by atoms with Gasteiger partial charge in [0.25, 0.3) is 0 Å². The van der Waals surface area contributed by atoms with E-state index >= 15 is 0 Å². The van der Waals surface area contributed by atoms with E-state index in [2.05, 4.69) is 23.8 Å². The minimum atomic E-state index is -1.06. The summed E-state index contributed by atoms with van der Waals surface area (Å²) in [6, 6.07) is 7.03. The lowest BCUT2D eigenvalue weighted by Gasteiger charge is -2.34. The monoisotopic (exact) mass is 343 g/mol. The third-order valence-electron chi connectivity index (χ3n) is 4.92. The third-order valence-corrected chi connectivity index (χ3v) is 4.92. The number of carboxylic acid groups (broad SMARTS) is 1. The molecule has 0 atom stereocenters. The van der Waals surface area contributed by atoms with E-state index in [0.29, 0.717) is 11.9 Å². The number of rotatable bonds is 5. The van der Waals surface area contributed by atoms with E-state index in [-0.39, 0.29) is 11.1 Å². The molecular weight excluding hydrogens is 318 g/mol. The van der Waals surface area contributed by atoms with Gasteiger partial charge in [0.05, 0.1) is 5.52 Å². The van der Waals surface area contributed by atoms with Crippen molar-refractivity contribution in [2.24, 2.45) is 0 Å². The van der Waals surface area contributed by atoms with Gasteiger partial charge < -0.3 is 19.5 Å². The second kappa shape index (κ2) is 7.27. The Bertz CT molecular complexity index is 836. The number of carbonyl (C=O) groups is 1. The van der Waals surface area contributed by atoms with Crippen LogP contribution in [0.1, 0.15) is 30.3 Å². The summed E-state index contributed by atoms with van der Waals surface area (Å²) in [5.74, 6) is -1.06. The number of aryl methyl sites for hydroxylation is 1. The summed E-state index contributed by atoms with van der Waals surface area (Å²) in [6.07, 6.45) is 1.84. The van der Waals surface area contributed by atoms with Crippen molar-refractivity contribution in [3.8, 4) is 0 Å². The van der Waals surface area contributed by atoms with Crippen molar-refractivity contribution in [2.45, 2.75) is 26.3 Å². The highest BCUT2D eigenvalue weighted by atomic mass is 16.4. The minimum absolute atomic E-state index is 0.0708. The molecule has 1 aromatic carbocycles. The Balaban J connectivity index is 2.12. The predicted octanol–water partition coefficient (Wildman–Crippen LogP) is 2.25. The van der Waals surface area contributed by atoms with E-state index in [1.54, 1.807) is 4.57 Å². The molecule has 0 amide bonds. The van der Waals surface area contributed by atoms with E-state index in [9.17, 15) is 14.7 Å². The fraction of sp³-hybridized carbons (Fsp3) is 0.474. The summed E-state index contributed by atoms with van der Waals surface area (Å²) >= 11 is 0. The molecule has 1 fully saturated rings. The molecule has 1 N–H and O–H groups in total. The maximum Gasteiger partial charge on any atom is 0.352 e. The summed E-state index contributed by atoms with van der Waals surface area (Å²) in [5, 5.41) is 10.1. The molecule has 2 aromatic rings. The molecule has 0 radical (unpaired) electrons. The number of aromatic carboxylic acids is 1. The predicted molar refractivity (Wildman–Crippen MR) is 99.8 cm³/mol. The van der Waals surface area contributed by atoms with Crippen LogP contribution in [-0.4, -0.2) is 53.8 Å². The van der Waals surface area contributed by atoms with Gasteiger partial charge in [-0.2, -0.15) is 0 Å². The standard InChI is InChI=1S/C19H25N3O3/c1-3-4-7-22-16-12-14(21-10-8-20(2)9-11-21)5-6-15(16)18(23)13-17(22)19(24)25/h5-6,12-13H,3-4,7-11H2,1-2H3,(H,24,25). The SMILES string of the molecule is CCCCn1c(C(=O)O)cc(=O)c2ccc(N3CCN(C)CC3)cc21. The minimum Gasteiger partial charge on any atom is -0.477 e. The van der Waals surface area contributed by atoms with Crippen LogP contribution in [0, 0.1) is 0 Å². The summed E-state index contributed by atoms with van der Waals surface area (Å²) in [4.78, 5) is 28.6. The van der Waals surface area contributed by atoms with E-state index in [0.717, 1.165) is 50.2 Å². The lowest BCUT2D eigenvalue weighted by Crippen LogP contribution is -2.44. The molecule has 1 aliphatic rings. The van der Waals surface area contributed by atoms with Crippen LogP contribution in [0.3, 0.4) is 0 Å². The number of hydrogen-bond acceptors (Lipinski definition) is 4. The average molecular weight is 343 g/mol. The van der Waals surface area contributed by atoms with Crippen LogP contribution in [0.4, 0.5) is 5.69 Å². The van der Waals surface area contributed by atoms with Crippen LogP contribution in [0.25, 0.3) is 10.9 Å². The van der Waals surface area contributed by atoms with Crippen molar-refractivity contribution in [1.29, 1.82) is 0 Å². The maximum atomic E-state index is 12.4. The van der Waals surface area contributed by atoms with Crippen molar-refractivity contribution >= 4 is 22.6 Å². The van der Waals surface area contributed by atoms with Crippen LogP contribution < -0.4 is 10.3 Å². The van der Waals surface area contributed by atoms with Crippen molar-refractivity contribution in [3.63, 3.8) is 0 Å². The van der Waals surface area contributed by atoms with Gasteiger partial charge >= 0.3 is 5.97 Å². The lowest BCUT2D eigenvalue weighted by molar-refractivity contribution is 0.0684. The molecule has 134 valence electrons. The van der Waals surface area contributed by atoms with Gasteiger partial charge in [-0.25, -0.2) is 4.79 Å². The van der Waals surface area contributed by atoms with Gasteiger partial charge in [0.15, 0.2) is 5.43 Å². The fourth-order valence-corrected chi connectivity index (χ4v) is 3.36. The van der Waals surface area contributed by atoms with Gasteiger partial charge in [-0.1, -0.05) is 13.3 Å². The molecular formula is C19H25N3O3. The number of pyridine rings is 1. The van der Waals surface area contributed by atoms with Crippen molar-refractivity contribution in [1.82, 2.24) is 9.47 Å². The highest BCUT2D eigenvalue weighted by molar-refractivity contribution is 5.91. The molecule has 3 rings (SSSR count). The van der Waals surface area contributed by atoms with Crippen molar-refractivity contribution < 1.29 is 9.90 Å². The smallest absolute Gasteiger partial charge is 0.352 e. The van der Waals surface area contributed by atoms with E-state index < -0.39 is 5.97 Å². The van der Waals surface area contributed by atoms with Gasteiger partial charge in [-0.05, 0) is 31.7 Å². The zero-order valence-electron chi connectivity index (χ0n) is 14.9. The molecule has 2 heterocycles. The Hall–Kier alpha value is -2.34. The highest BCUT2D eigenvalue weighted by Crippen LogP contribution is 2.23. The Labute approximate surface area is 147 Å². The first-order chi connectivity index (χ1) is 12.0. The number of benzene rings is 1. The number of aromatic nitrogens is 1. The zero-order valence-corrected chi connectivity index (χ0v) is 14.9. The van der Waals surface area contributed by atoms with Crippen molar-refractivity contribution in [3.05, 3.63) is 40.2 Å². The lowest BCUT2D eigenvalue weighted by atomic mass is 10.1. The molecule has 6 nitrogen and oxygen atoms in total. The van der Waals surface area contributed by atoms with Crippen LogP contribution in [0.2, 0.25) is 0 Å². The number of anilines is 1. The second-order valence-electron chi connectivity index (χ2n) is 6.70. The topological polar surface area (TPSA) is 65.8 Å². The Morgan fingerprint density at radius 1 is 1.16 bits per heavy atom. The number of unbranched alkanes of at least 4 members (excludes halogenated alkanes) is 1. The molecule has 1 aliphatic heterocycles. The summed E-state index contributed by atoms with van der Waals surface area (Å²) < 4.78 is 1.78. The molecule has 0 aliphatic carbocycles. The van der Waals surface area contributed by atoms with Crippen LogP contribution in [0.15, 0.2) is 29.1 Å². The summed E-state index contributed by atoms with van der Waals surface area (Å²) in [6.45, 7) is 6.52. The first-order valence-electron chi connectivity index (χ1n) is 8.85. The highest BCUT2D eigenvalue weighted by Gasteiger charge is 2.18. The number of carboxylic acids is 1. The Kier molecular flexibility index (Phi) is 5.08. The van der Waals surface area contributed by atoms with Crippen molar-refractivity contribution in [2.75, 3.05) is 38.1 Å².